The number of benzene rings is 2. The van der Waals surface area contributed by atoms with Crippen molar-refractivity contribution >= 4 is 11.9 Å². The Hall–Kier alpha value is -2.62. The monoisotopic (exact) mass is 326 g/mol. The predicted molar refractivity (Wildman–Crippen MR) is 92.6 cm³/mol. The Morgan fingerprint density at radius 3 is 1.46 bits per heavy atom. The fourth-order valence-electron chi connectivity index (χ4n) is 2.61. The molecule has 24 heavy (non-hydrogen) atoms. The van der Waals surface area contributed by atoms with Gasteiger partial charge < -0.3 is 9.47 Å². The van der Waals surface area contributed by atoms with Crippen LogP contribution in [0.3, 0.4) is 0 Å². The van der Waals surface area contributed by atoms with Gasteiger partial charge in [0.25, 0.3) is 0 Å². The highest BCUT2D eigenvalue weighted by molar-refractivity contribution is 5.81. The fourth-order valence-corrected chi connectivity index (χ4v) is 2.61. The van der Waals surface area contributed by atoms with Gasteiger partial charge in [-0.15, -0.1) is 0 Å². The lowest BCUT2D eigenvalue weighted by Gasteiger charge is -2.13. The molecule has 0 spiro atoms. The summed E-state index contributed by atoms with van der Waals surface area (Å²) in [6.45, 7) is 4.30. The zero-order valence-electron chi connectivity index (χ0n) is 14.1. The number of carbonyl (C=O) groups excluding carboxylic acids is 2. The first-order chi connectivity index (χ1) is 11.7. The molecule has 0 unspecified atom stereocenters. The van der Waals surface area contributed by atoms with E-state index < -0.39 is 0 Å². The molecule has 0 saturated heterocycles. The van der Waals surface area contributed by atoms with Gasteiger partial charge in [0.1, 0.15) is 0 Å². The molecular formula is C20H22O4. The summed E-state index contributed by atoms with van der Waals surface area (Å²) in [4.78, 5) is 23.7. The summed E-state index contributed by atoms with van der Waals surface area (Å²) in [6, 6.07) is 15.4. The van der Waals surface area contributed by atoms with Crippen molar-refractivity contribution in [2.75, 3.05) is 13.2 Å². The molecule has 0 fully saturated rings. The zero-order chi connectivity index (χ0) is 17.4. The summed E-state index contributed by atoms with van der Waals surface area (Å²) in [7, 11) is 0. The van der Waals surface area contributed by atoms with Gasteiger partial charge in [0.05, 0.1) is 26.1 Å². The van der Waals surface area contributed by atoms with Gasteiger partial charge in [-0.2, -0.15) is 0 Å². The van der Waals surface area contributed by atoms with Crippen molar-refractivity contribution in [3.8, 4) is 11.1 Å². The minimum Gasteiger partial charge on any atom is -0.466 e. The van der Waals surface area contributed by atoms with E-state index in [1.807, 2.05) is 48.5 Å². The van der Waals surface area contributed by atoms with Crippen LogP contribution in [0.5, 0.6) is 0 Å². The van der Waals surface area contributed by atoms with Crippen LogP contribution in [0.4, 0.5) is 0 Å². The predicted octanol–water partition coefficient (Wildman–Crippen LogP) is 3.56. The highest BCUT2D eigenvalue weighted by Gasteiger charge is 2.14. The lowest BCUT2D eigenvalue weighted by Crippen LogP contribution is -2.10. The average molecular weight is 326 g/mol. The van der Waals surface area contributed by atoms with Gasteiger partial charge in [-0.25, -0.2) is 0 Å². The Morgan fingerprint density at radius 2 is 1.08 bits per heavy atom. The van der Waals surface area contributed by atoms with Crippen LogP contribution in [0.2, 0.25) is 0 Å². The number of ether oxygens (including phenoxy) is 2. The maximum atomic E-state index is 11.8. The van der Waals surface area contributed by atoms with Gasteiger partial charge in [0.2, 0.25) is 0 Å². The number of hydrogen-bond acceptors (Lipinski definition) is 4. The first kappa shape index (κ1) is 17.7. The van der Waals surface area contributed by atoms with Crippen LogP contribution in [0.25, 0.3) is 11.1 Å². The van der Waals surface area contributed by atoms with Crippen LogP contribution in [-0.4, -0.2) is 25.2 Å². The van der Waals surface area contributed by atoms with Crippen LogP contribution in [-0.2, 0) is 31.9 Å². The van der Waals surface area contributed by atoms with Crippen molar-refractivity contribution in [1.82, 2.24) is 0 Å². The molecule has 2 rings (SSSR count). The quantitative estimate of drug-likeness (QED) is 0.730. The zero-order valence-corrected chi connectivity index (χ0v) is 14.1. The lowest BCUT2D eigenvalue weighted by atomic mass is 9.93. The third-order valence-electron chi connectivity index (χ3n) is 3.61. The molecule has 4 nitrogen and oxygen atoms in total. The molecule has 0 aliphatic carbocycles. The first-order valence-corrected chi connectivity index (χ1v) is 8.13. The Bertz CT molecular complexity index is 645. The van der Waals surface area contributed by atoms with Gasteiger partial charge in [-0.05, 0) is 36.1 Å². The molecule has 2 aromatic carbocycles. The molecule has 0 saturated carbocycles. The average Bonchev–Trinajstić information content (AvgIpc) is 2.56. The summed E-state index contributed by atoms with van der Waals surface area (Å²) >= 11 is 0. The van der Waals surface area contributed by atoms with Gasteiger partial charge in [-0.3, -0.25) is 9.59 Å². The van der Waals surface area contributed by atoms with Gasteiger partial charge in [0.15, 0.2) is 0 Å². The molecule has 0 bridgehead atoms. The van der Waals surface area contributed by atoms with Crippen molar-refractivity contribution in [3.05, 3.63) is 59.7 Å². The van der Waals surface area contributed by atoms with E-state index in [-0.39, 0.29) is 24.8 Å². The number of rotatable bonds is 7. The smallest absolute Gasteiger partial charge is 0.310 e. The minimum atomic E-state index is -0.257. The molecule has 2 aromatic rings. The molecule has 4 heteroatoms. The summed E-state index contributed by atoms with van der Waals surface area (Å²) in [5, 5.41) is 0. The number of carbonyl (C=O) groups is 2. The Kier molecular flexibility index (Phi) is 6.55. The van der Waals surface area contributed by atoms with Crippen molar-refractivity contribution in [1.29, 1.82) is 0 Å². The van der Waals surface area contributed by atoms with E-state index in [1.54, 1.807) is 13.8 Å². The minimum absolute atomic E-state index is 0.206. The molecule has 0 heterocycles. The van der Waals surface area contributed by atoms with E-state index in [2.05, 4.69) is 0 Å². The van der Waals surface area contributed by atoms with Crippen molar-refractivity contribution < 1.29 is 19.1 Å². The summed E-state index contributed by atoms with van der Waals surface area (Å²) in [5.41, 5.74) is 3.63. The van der Waals surface area contributed by atoms with Crippen LogP contribution in [0, 0.1) is 0 Å². The topological polar surface area (TPSA) is 52.6 Å². The van der Waals surface area contributed by atoms with E-state index in [0.717, 1.165) is 22.3 Å². The molecule has 0 aliphatic heterocycles. The van der Waals surface area contributed by atoms with Crippen molar-refractivity contribution in [2.24, 2.45) is 0 Å². The third kappa shape index (κ3) is 4.69. The molecule has 126 valence electrons. The third-order valence-corrected chi connectivity index (χ3v) is 3.61. The Morgan fingerprint density at radius 1 is 0.708 bits per heavy atom. The van der Waals surface area contributed by atoms with Crippen molar-refractivity contribution in [3.63, 3.8) is 0 Å². The van der Waals surface area contributed by atoms with E-state index in [0.29, 0.717) is 13.2 Å². The Labute approximate surface area is 142 Å². The molecule has 0 N–H and O–H groups in total. The van der Waals surface area contributed by atoms with E-state index in [9.17, 15) is 9.59 Å². The largest absolute Gasteiger partial charge is 0.466 e. The first-order valence-electron chi connectivity index (χ1n) is 8.13. The molecule has 0 aromatic heterocycles. The molecular weight excluding hydrogens is 304 g/mol. The van der Waals surface area contributed by atoms with Crippen LogP contribution in [0.15, 0.2) is 48.5 Å². The number of hydrogen-bond donors (Lipinski definition) is 0. The maximum Gasteiger partial charge on any atom is 0.310 e. The van der Waals surface area contributed by atoms with E-state index in [4.69, 9.17) is 9.47 Å². The fraction of sp³-hybridized carbons (Fsp3) is 0.300. The van der Waals surface area contributed by atoms with E-state index >= 15 is 0 Å². The van der Waals surface area contributed by atoms with Gasteiger partial charge in [0, 0.05) is 0 Å². The highest BCUT2D eigenvalue weighted by atomic mass is 16.5. The normalized spacial score (nSPS) is 10.2. The molecule has 0 amide bonds. The molecule has 0 radical (unpaired) electrons. The maximum absolute atomic E-state index is 11.8. The van der Waals surface area contributed by atoms with Gasteiger partial charge in [-0.1, -0.05) is 48.5 Å². The molecule has 0 atom stereocenters. The molecule has 0 aliphatic rings. The summed E-state index contributed by atoms with van der Waals surface area (Å²) in [5.74, 6) is -0.513. The second-order valence-corrected chi connectivity index (χ2v) is 5.28. The standard InChI is InChI=1S/C20H22O4/c1-3-23-19(21)13-15-9-5-7-11-17(15)18-12-8-6-10-16(18)14-20(22)24-4-2/h5-12H,3-4,13-14H2,1-2H3. The lowest BCUT2D eigenvalue weighted by molar-refractivity contribution is -0.143. The summed E-state index contributed by atoms with van der Waals surface area (Å²) in [6.07, 6.45) is 0.412. The second kappa shape index (κ2) is 8.87. The Balaban J connectivity index is 2.35. The summed E-state index contributed by atoms with van der Waals surface area (Å²) < 4.78 is 10.1. The number of esters is 2. The van der Waals surface area contributed by atoms with Crippen molar-refractivity contribution in [2.45, 2.75) is 26.7 Å². The SMILES string of the molecule is CCOC(=O)Cc1ccccc1-c1ccccc1CC(=O)OCC. The van der Waals surface area contributed by atoms with Crippen LogP contribution >= 0.6 is 0 Å². The second-order valence-electron chi connectivity index (χ2n) is 5.28. The van der Waals surface area contributed by atoms with E-state index in [1.165, 1.54) is 0 Å². The van der Waals surface area contributed by atoms with Gasteiger partial charge >= 0.3 is 11.9 Å². The van der Waals surface area contributed by atoms with Crippen LogP contribution in [0.1, 0.15) is 25.0 Å². The van der Waals surface area contributed by atoms with Crippen LogP contribution < -0.4 is 0 Å². The highest BCUT2D eigenvalue weighted by Crippen LogP contribution is 2.28.